The maximum absolute atomic E-state index is 12.8. The van der Waals surface area contributed by atoms with E-state index < -0.39 is 0 Å². The Morgan fingerprint density at radius 3 is 2.89 bits per heavy atom. The number of oxazole rings is 1. The molecule has 28 heavy (non-hydrogen) atoms. The standard InChI is InChI=1S/C21H21N3O4/c1-27-19(15-5-3-2-4-6-15)20-23-17-12-24(10-8-18(17)28-20)21(26)16-11-14(13-25)7-9-22-16/h2-7,9,11,19,25H,8,10,12-13H2,1H3. The quantitative estimate of drug-likeness (QED) is 0.733. The van der Waals surface area contributed by atoms with Crippen LogP contribution in [0.25, 0.3) is 0 Å². The molecule has 144 valence electrons. The van der Waals surface area contributed by atoms with E-state index in [0.29, 0.717) is 36.7 Å². The lowest BCUT2D eigenvalue weighted by atomic mass is 10.1. The van der Waals surface area contributed by atoms with Crippen molar-refractivity contribution < 1.29 is 19.1 Å². The predicted octanol–water partition coefficient (Wildman–Crippen LogP) is 2.50. The molecule has 0 aliphatic carbocycles. The molecule has 7 heteroatoms. The van der Waals surface area contributed by atoms with E-state index in [1.165, 1.54) is 6.20 Å². The van der Waals surface area contributed by atoms with E-state index in [1.807, 2.05) is 30.3 Å². The highest BCUT2D eigenvalue weighted by atomic mass is 16.5. The summed E-state index contributed by atoms with van der Waals surface area (Å²) in [5.74, 6) is 1.10. The molecule has 2 aromatic heterocycles. The van der Waals surface area contributed by atoms with Crippen molar-refractivity contribution in [1.82, 2.24) is 14.9 Å². The SMILES string of the molecule is COC(c1ccccc1)c1nc2c(o1)CCN(C(=O)c1cc(CO)ccn1)C2. The Morgan fingerprint density at radius 2 is 2.14 bits per heavy atom. The summed E-state index contributed by atoms with van der Waals surface area (Å²) in [6.07, 6.45) is 1.73. The number of carbonyl (C=O) groups is 1. The molecule has 0 spiro atoms. The number of aliphatic hydroxyl groups is 1. The number of ether oxygens (including phenoxy) is 1. The number of carbonyl (C=O) groups excluding carboxylic acids is 1. The number of benzene rings is 1. The molecule has 4 rings (SSSR count). The van der Waals surface area contributed by atoms with E-state index in [2.05, 4.69) is 9.97 Å². The number of nitrogens with zero attached hydrogens (tertiary/aromatic N) is 3. The summed E-state index contributed by atoms with van der Waals surface area (Å²) in [6.45, 7) is 0.750. The van der Waals surface area contributed by atoms with E-state index in [1.54, 1.807) is 24.1 Å². The summed E-state index contributed by atoms with van der Waals surface area (Å²) in [6, 6.07) is 13.1. The fraction of sp³-hybridized carbons (Fsp3) is 0.286. The number of amides is 1. The minimum absolute atomic E-state index is 0.127. The normalized spacial score (nSPS) is 14.6. The van der Waals surface area contributed by atoms with Crippen LogP contribution in [0.3, 0.4) is 0 Å². The molecule has 0 fully saturated rings. The Kier molecular flexibility index (Phi) is 5.18. The lowest BCUT2D eigenvalue weighted by molar-refractivity contribution is 0.0721. The highest BCUT2D eigenvalue weighted by Crippen LogP contribution is 2.29. The van der Waals surface area contributed by atoms with Crippen molar-refractivity contribution in [2.24, 2.45) is 0 Å². The van der Waals surface area contributed by atoms with Crippen LogP contribution in [0.1, 0.15) is 45.1 Å². The van der Waals surface area contributed by atoms with Crippen LogP contribution in [0.5, 0.6) is 0 Å². The highest BCUT2D eigenvalue weighted by Gasteiger charge is 2.29. The van der Waals surface area contributed by atoms with Crippen molar-refractivity contribution in [2.75, 3.05) is 13.7 Å². The molecule has 3 aromatic rings. The maximum atomic E-state index is 12.8. The van der Waals surface area contributed by atoms with Gasteiger partial charge in [0.15, 0.2) is 6.10 Å². The number of pyridine rings is 1. The van der Waals surface area contributed by atoms with Crippen molar-refractivity contribution in [3.8, 4) is 0 Å². The van der Waals surface area contributed by atoms with Gasteiger partial charge in [-0.3, -0.25) is 9.78 Å². The second-order valence-corrected chi connectivity index (χ2v) is 6.63. The average Bonchev–Trinajstić information content (AvgIpc) is 3.17. The lowest BCUT2D eigenvalue weighted by Crippen LogP contribution is -2.36. The van der Waals surface area contributed by atoms with Gasteiger partial charge in [0.1, 0.15) is 17.1 Å². The summed E-state index contributed by atoms with van der Waals surface area (Å²) < 4.78 is 11.6. The van der Waals surface area contributed by atoms with Crippen LogP contribution in [0.4, 0.5) is 0 Å². The van der Waals surface area contributed by atoms with E-state index in [9.17, 15) is 9.90 Å². The van der Waals surface area contributed by atoms with Crippen LogP contribution in [0.15, 0.2) is 53.1 Å². The second-order valence-electron chi connectivity index (χ2n) is 6.63. The van der Waals surface area contributed by atoms with Gasteiger partial charge in [-0.2, -0.15) is 0 Å². The molecule has 1 amide bonds. The van der Waals surface area contributed by atoms with Gasteiger partial charge in [-0.15, -0.1) is 0 Å². The van der Waals surface area contributed by atoms with Gasteiger partial charge in [-0.1, -0.05) is 30.3 Å². The van der Waals surface area contributed by atoms with Crippen molar-refractivity contribution >= 4 is 5.91 Å². The number of rotatable bonds is 5. The third-order valence-electron chi connectivity index (χ3n) is 4.82. The number of fused-ring (bicyclic) bond motifs is 1. The van der Waals surface area contributed by atoms with Gasteiger partial charge in [0.05, 0.1) is 13.2 Å². The monoisotopic (exact) mass is 379 g/mol. The molecular weight excluding hydrogens is 358 g/mol. The molecule has 1 aliphatic rings. The second kappa shape index (κ2) is 7.92. The molecule has 0 saturated carbocycles. The fourth-order valence-corrected chi connectivity index (χ4v) is 3.36. The average molecular weight is 379 g/mol. The predicted molar refractivity (Wildman–Crippen MR) is 100 cm³/mol. The largest absolute Gasteiger partial charge is 0.442 e. The number of hydrogen-bond acceptors (Lipinski definition) is 6. The fourth-order valence-electron chi connectivity index (χ4n) is 3.36. The Balaban J connectivity index is 1.55. The Hall–Kier alpha value is -3.03. The zero-order valence-electron chi connectivity index (χ0n) is 15.5. The Labute approximate surface area is 162 Å². The minimum Gasteiger partial charge on any atom is -0.442 e. The van der Waals surface area contributed by atoms with Crippen LogP contribution in [0, 0.1) is 0 Å². The molecule has 1 N–H and O–H groups in total. The lowest BCUT2D eigenvalue weighted by Gasteiger charge is -2.25. The summed E-state index contributed by atoms with van der Waals surface area (Å²) >= 11 is 0. The van der Waals surface area contributed by atoms with Gasteiger partial charge in [0.2, 0.25) is 5.89 Å². The number of methoxy groups -OCH3 is 1. The molecule has 0 radical (unpaired) electrons. The first-order valence-electron chi connectivity index (χ1n) is 9.11. The van der Waals surface area contributed by atoms with E-state index in [-0.39, 0.29) is 18.6 Å². The summed E-state index contributed by atoms with van der Waals surface area (Å²) in [4.78, 5) is 23.2. The zero-order chi connectivity index (χ0) is 19.5. The maximum Gasteiger partial charge on any atom is 0.272 e. The molecule has 0 saturated heterocycles. The first kappa shape index (κ1) is 18.3. The van der Waals surface area contributed by atoms with Gasteiger partial charge in [-0.25, -0.2) is 4.98 Å². The van der Waals surface area contributed by atoms with Gasteiger partial charge >= 0.3 is 0 Å². The molecule has 0 bridgehead atoms. The van der Waals surface area contributed by atoms with Crippen molar-refractivity contribution in [1.29, 1.82) is 0 Å². The van der Waals surface area contributed by atoms with Crippen LogP contribution < -0.4 is 0 Å². The van der Waals surface area contributed by atoms with Crippen molar-refractivity contribution in [2.45, 2.75) is 25.7 Å². The highest BCUT2D eigenvalue weighted by molar-refractivity contribution is 5.92. The third kappa shape index (κ3) is 3.54. The van der Waals surface area contributed by atoms with E-state index in [4.69, 9.17) is 9.15 Å². The first-order valence-corrected chi connectivity index (χ1v) is 9.11. The summed E-state index contributed by atoms with van der Waals surface area (Å²) in [7, 11) is 1.62. The van der Waals surface area contributed by atoms with E-state index in [0.717, 1.165) is 17.0 Å². The topological polar surface area (TPSA) is 88.7 Å². The first-order chi connectivity index (χ1) is 13.7. The van der Waals surface area contributed by atoms with Gasteiger partial charge in [0, 0.05) is 26.3 Å². The zero-order valence-corrected chi connectivity index (χ0v) is 15.5. The molecule has 3 heterocycles. The van der Waals surface area contributed by atoms with Gasteiger partial charge in [0.25, 0.3) is 5.91 Å². The Bertz CT molecular complexity index is 971. The minimum atomic E-state index is -0.390. The Morgan fingerprint density at radius 1 is 1.32 bits per heavy atom. The number of aliphatic hydroxyl groups excluding tert-OH is 1. The molecule has 1 unspecified atom stereocenters. The van der Waals surface area contributed by atoms with Crippen LogP contribution in [-0.4, -0.2) is 39.5 Å². The molecule has 1 aliphatic heterocycles. The summed E-state index contributed by atoms with van der Waals surface area (Å²) in [5, 5.41) is 9.27. The smallest absolute Gasteiger partial charge is 0.272 e. The van der Waals surface area contributed by atoms with Gasteiger partial charge in [-0.05, 0) is 23.3 Å². The third-order valence-corrected chi connectivity index (χ3v) is 4.82. The van der Waals surface area contributed by atoms with Crippen LogP contribution in [0.2, 0.25) is 0 Å². The van der Waals surface area contributed by atoms with Crippen molar-refractivity contribution in [3.63, 3.8) is 0 Å². The molecule has 7 nitrogen and oxygen atoms in total. The molecule has 1 aromatic carbocycles. The number of hydrogen-bond donors (Lipinski definition) is 1. The summed E-state index contributed by atoms with van der Waals surface area (Å²) in [5.41, 5.74) is 2.68. The van der Waals surface area contributed by atoms with Crippen molar-refractivity contribution in [3.05, 3.63) is 82.8 Å². The molecular formula is C21H21N3O4. The van der Waals surface area contributed by atoms with Gasteiger partial charge < -0.3 is 19.2 Å². The number of aromatic nitrogens is 2. The van der Waals surface area contributed by atoms with Crippen LogP contribution >= 0.6 is 0 Å². The van der Waals surface area contributed by atoms with E-state index >= 15 is 0 Å². The van der Waals surface area contributed by atoms with Crippen LogP contribution in [-0.2, 0) is 24.3 Å². The molecule has 1 atom stereocenters.